The molecule has 2 atom stereocenters. The Bertz CT molecular complexity index is 221. The lowest BCUT2D eigenvalue weighted by Crippen LogP contribution is -2.44. The average Bonchev–Trinajstić information content (AvgIpc) is 1.98. The number of nitrogens with one attached hydrogen (secondary N) is 1. The maximum Gasteiger partial charge on any atom is 0.320 e. The number of aliphatic hydroxyl groups excluding tert-OH is 1. The fourth-order valence-corrected chi connectivity index (χ4v) is 1.65. The summed E-state index contributed by atoms with van der Waals surface area (Å²) in [4.78, 5) is 10.9. The molecule has 0 radical (unpaired) electrons. The van der Waals surface area contributed by atoms with E-state index in [9.17, 15) is 9.90 Å². The number of hydrogen-bond acceptors (Lipinski definition) is 3. The maximum absolute atomic E-state index is 10.9. The standard InChI is InChI=1S/C12H25NO3/c1-8(2)10(11(15)16)13-7-9(14)6-12(3,4)5/h8-10,13-14H,6-7H2,1-5H3,(H,15,16). The second-order valence-corrected chi connectivity index (χ2v) is 5.89. The minimum atomic E-state index is -0.863. The van der Waals surface area contributed by atoms with Crippen LogP contribution in [0.2, 0.25) is 0 Å². The van der Waals surface area contributed by atoms with Gasteiger partial charge < -0.3 is 15.5 Å². The van der Waals surface area contributed by atoms with Gasteiger partial charge in [-0.05, 0) is 17.8 Å². The summed E-state index contributed by atoms with van der Waals surface area (Å²) in [6.45, 7) is 10.2. The molecule has 0 aromatic heterocycles. The molecule has 0 spiro atoms. The molecule has 0 heterocycles. The van der Waals surface area contributed by atoms with Crippen LogP contribution in [-0.2, 0) is 4.79 Å². The van der Waals surface area contributed by atoms with Gasteiger partial charge in [0.05, 0.1) is 6.10 Å². The molecule has 0 amide bonds. The summed E-state index contributed by atoms with van der Waals surface area (Å²) >= 11 is 0. The first-order valence-electron chi connectivity index (χ1n) is 5.77. The molecule has 4 heteroatoms. The number of aliphatic hydroxyl groups is 1. The SMILES string of the molecule is CC(C)C(NCC(O)CC(C)(C)C)C(=O)O. The molecule has 2 unspecified atom stereocenters. The van der Waals surface area contributed by atoms with Gasteiger partial charge in [0.25, 0.3) is 0 Å². The Morgan fingerprint density at radius 2 is 1.81 bits per heavy atom. The molecule has 4 nitrogen and oxygen atoms in total. The van der Waals surface area contributed by atoms with Crippen LogP contribution in [0.5, 0.6) is 0 Å². The molecule has 0 aliphatic heterocycles. The molecule has 0 aliphatic carbocycles. The lowest BCUT2D eigenvalue weighted by atomic mass is 9.89. The van der Waals surface area contributed by atoms with Crippen molar-refractivity contribution in [3.8, 4) is 0 Å². The Morgan fingerprint density at radius 3 is 2.12 bits per heavy atom. The Balaban J connectivity index is 4.07. The van der Waals surface area contributed by atoms with E-state index in [1.54, 1.807) is 0 Å². The van der Waals surface area contributed by atoms with E-state index in [1.165, 1.54) is 0 Å². The minimum Gasteiger partial charge on any atom is -0.480 e. The number of carbonyl (C=O) groups is 1. The van der Waals surface area contributed by atoms with Crippen molar-refractivity contribution in [2.45, 2.75) is 53.2 Å². The smallest absolute Gasteiger partial charge is 0.320 e. The number of aliphatic carboxylic acids is 1. The first kappa shape index (κ1) is 15.4. The van der Waals surface area contributed by atoms with Crippen molar-refractivity contribution in [1.82, 2.24) is 5.32 Å². The van der Waals surface area contributed by atoms with Crippen molar-refractivity contribution in [1.29, 1.82) is 0 Å². The largest absolute Gasteiger partial charge is 0.480 e. The van der Waals surface area contributed by atoms with Crippen LogP contribution in [0.25, 0.3) is 0 Å². The first-order chi connectivity index (χ1) is 7.13. The molecular formula is C12H25NO3. The lowest BCUT2D eigenvalue weighted by molar-refractivity contribution is -0.140. The molecular weight excluding hydrogens is 206 g/mol. The zero-order valence-corrected chi connectivity index (χ0v) is 10.9. The van der Waals surface area contributed by atoms with E-state index in [-0.39, 0.29) is 11.3 Å². The molecule has 0 aromatic carbocycles. The summed E-state index contributed by atoms with van der Waals surface area (Å²) in [5.41, 5.74) is 0.0532. The predicted octanol–water partition coefficient (Wildman–Crippen LogP) is 1.48. The summed E-state index contributed by atoms with van der Waals surface area (Å²) in [6, 6.07) is -0.588. The van der Waals surface area contributed by atoms with Gasteiger partial charge in [-0.15, -0.1) is 0 Å². The van der Waals surface area contributed by atoms with Crippen LogP contribution in [0.15, 0.2) is 0 Å². The Morgan fingerprint density at radius 1 is 1.31 bits per heavy atom. The average molecular weight is 231 g/mol. The van der Waals surface area contributed by atoms with Crippen molar-refractivity contribution in [3.05, 3.63) is 0 Å². The second-order valence-electron chi connectivity index (χ2n) is 5.89. The molecule has 3 N–H and O–H groups in total. The van der Waals surface area contributed by atoms with Gasteiger partial charge in [-0.1, -0.05) is 34.6 Å². The molecule has 0 aromatic rings. The van der Waals surface area contributed by atoms with E-state index >= 15 is 0 Å². The molecule has 0 bridgehead atoms. The minimum absolute atomic E-state index is 0.0133. The van der Waals surface area contributed by atoms with Crippen LogP contribution in [0.3, 0.4) is 0 Å². The van der Waals surface area contributed by atoms with Crippen molar-refractivity contribution in [2.24, 2.45) is 11.3 Å². The summed E-state index contributed by atoms with van der Waals surface area (Å²) < 4.78 is 0. The molecule has 0 rings (SSSR count). The fraction of sp³-hybridized carbons (Fsp3) is 0.917. The Labute approximate surface area is 98.1 Å². The van der Waals surface area contributed by atoms with Crippen LogP contribution in [0.1, 0.15) is 41.0 Å². The number of carboxylic acids is 1. The van der Waals surface area contributed by atoms with Gasteiger partial charge in [0.1, 0.15) is 6.04 Å². The highest BCUT2D eigenvalue weighted by atomic mass is 16.4. The zero-order valence-electron chi connectivity index (χ0n) is 10.9. The molecule has 0 saturated heterocycles. The predicted molar refractivity (Wildman–Crippen MR) is 64.3 cm³/mol. The van der Waals surface area contributed by atoms with E-state index in [4.69, 9.17) is 5.11 Å². The van der Waals surface area contributed by atoms with Gasteiger partial charge >= 0.3 is 5.97 Å². The highest BCUT2D eigenvalue weighted by Crippen LogP contribution is 2.20. The Hall–Kier alpha value is -0.610. The van der Waals surface area contributed by atoms with Crippen molar-refractivity contribution >= 4 is 5.97 Å². The maximum atomic E-state index is 10.9. The lowest BCUT2D eigenvalue weighted by Gasteiger charge is -2.25. The topological polar surface area (TPSA) is 69.6 Å². The number of carboxylic acid groups (broad SMARTS) is 1. The quantitative estimate of drug-likeness (QED) is 0.647. The van der Waals surface area contributed by atoms with E-state index < -0.39 is 18.1 Å². The second kappa shape index (κ2) is 6.21. The molecule has 16 heavy (non-hydrogen) atoms. The Kier molecular flexibility index (Phi) is 5.97. The van der Waals surface area contributed by atoms with Gasteiger partial charge in [0.2, 0.25) is 0 Å². The van der Waals surface area contributed by atoms with Gasteiger partial charge in [-0.3, -0.25) is 4.79 Å². The van der Waals surface area contributed by atoms with Crippen molar-refractivity contribution in [3.63, 3.8) is 0 Å². The molecule has 0 fully saturated rings. The number of rotatable bonds is 6. The number of hydrogen-bond donors (Lipinski definition) is 3. The van der Waals surface area contributed by atoms with Crippen LogP contribution < -0.4 is 5.32 Å². The zero-order chi connectivity index (χ0) is 12.9. The third kappa shape index (κ3) is 6.80. The van der Waals surface area contributed by atoms with Gasteiger partial charge in [-0.2, -0.15) is 0 Å². The van der Waals surface area contributed by atoms with Gasteiger partial charge in [0.15, 0.2) is 0 Å². The summed E-state index contributed by atoms with van der Waals surface area (Å²) in [5.74, 6) is -0.850. The van der Waals surface area contributed by atoms with E-state index in [1.807, 2.05) is 34.6 Å². The van der Waals surface area contributed by atoms with Crippen LogP contribution >= 0.6 is 0 Å². The molecule has 0 aliphatic rings. The fourth-order valence-electron chi connectivity index (χ4n) is 1.65. The monoisotopic (exact) mass is 231 g/mol. The van der Waals surface area contributed by atoms with E-state index in [2.05, 4.69) is 5.32 Å². The van der Waals surface area contributed by atoms with Crippen LogP contribution in [-0.4, -0.2) is 34.9 Å². The van der Waals surface area contributed by atoms with Crippen molar-refractivity contribution < 1.29 is 15.0 Å². The summed E-state index contributed by atoms with van der Waals surface area (Å²) in [5, 5.41) is 21.6. The summed E-state index contributed by atoms with van der Waals surface area (Å²) in [7, 11) is 0. The van der Waals surface area contributed by atoms with Gasteiger partial charge in [0, 0.05) is 6.54 Å². The molecule has 96 valence electrons. The first-order valence-corrected chi connectivity index (χ1v) is 5.77. The molecule has 0 saturated carbocycles. The highest BCUT2D eigenvalue weighted by molar-refractivity contribution is 5.73. The van der Waals surface area contributed by atoms with Crippen LogP contribution in [0, 0.1) is 11.3 Å². The highest BCUT2D eigenvalue weighted by Gasteiger charge is 2.23. The van der Waals surface area contributed by atoms with E-state index in [0.29, 0.717) is 13.0 Å². The third-order valence-corrected chi connectivity index (χ3v) is 2.35. The van der Waals surface area contributed by atoms with Gasteiger partial charge in [-0.25, -0.2) is 0 Å². The summed E-state index contributed by atoms with van der Waals surface area (Å²) in [6.07, 6.45) is 0.158. The third-order valence-electron chi connectivity index (χ3n) is 2.35. The van der Waals surface area contributed by atoms with E-state index in [0.717, 1.165) is 0 Å². The van der Waals surface area contributed by atoms with Crippen molar-refractivity contribution in [2.75, 3.05) is 6.54 Å². The normalized spacial score (nSPS) is 16.2. The van der Waals surface area contributed by atoms with Crippen LogP contribution in [0.4, 0.5) is 0 Å².